The molecular formula is C17H26N2O4. The minimum atomic E-state index is -0.696. The van der Waals surface area contributed by atoms with Crippen molar-refractivity contribution in [3.8, 4) is 0 Å². The van der Waals surface area contributed by atoms with Crippen molar-refractivity contribution in [2.45, 2.75) is 25.6 Å². The molecule has 1 saturated carbocycles. The van der Waals surface area contributed by atoms with Gasteiger partial charge in [0.1, 0.15) is 0 Å². The van der Waals surface area contributed by atoms with Crippen LogP contribution < -0.4 is 5.32 Å². The van der Waals surface area contributed by atoms with Crippen molar-refractivity contribution in [1.82, 2.24) is 4.90 Å². The molecule has 1 aliphatic carbocycles. The van der Waals surface area contributed by atoms with Crippen LogP contribution in [0.15, 0.2) is 24.3 Å². The standard InChI is InChI=1S/C17H26N2O4/c1-19(9-16(20)12-22-2)17(21)18-15-5-3-4-14(8-15)11-23-10-13-6-7-13/h3-5,8,13,16,20H,6-7,9-12H2,1-2H3,(H,18,21). The number of nitrogens with one attached hydrogen (secondary N) is 1. The van der Waals surface area contributed by atoms with E-state index in [9.17, 15) is 9.90 Å². The van der Waals surface area contributed by atoms with E-state index in [0.29, 0.717) is 6.61 Å². The van der Waals surface area contributed by atoms with Crippen molar-refractivity contribution >= 4 is 11.7 Å². The second kappa shape index (κ2) is 8.86. The number of methoxy groups -OCH3 is 1. The predicted octanol–water partition coefficient (Wildman–Crippen LogP) is 2.08. The van der Waals surface area contributed by atoms with Crippen LogP contribution in [0.5, 0.6) is 0 Å². The van der Waals surface area contributed by atoms with E-state index < -0.39 is 6.10 Å². The zero-order valence-electron chi connectivity index (χ0n) is 13.8. The molecule has 1 atom stereocenters. The van der Waals surface area contributed by atoms with Gasteiger partial charge in [-0.3, -0.25) is 0 Å². The maximum absolute atomic E-state index is 12.1. The van der Waals surface area contributed by atoms with E-state index in [0.717, 1.165) is 23.8 Å². The number of amides is 2. The summed E-state index contributed by atoms with van der Waals surface area (Å²) >= 11 is 0. The van der Waals surface area contributed by atoms with E-state index in [1.807, 2.05) is 24.3 Å². The molecule has 23 heavy (non-hydrogen) atoms. The molecule has 2 N–H and O–H groups in total. The zero-order valence-corrected chi connectivity index (χ0v) is 13.8. The van der Waals surface area contributed by atoms with Crippen LogP contribution in [0.4, 0.5) is 10.5 Å². The molecule has 1 fully saturated rings. The molecule has 0 aliphatic heterocycles. The molecule has 1 aliphatic rings. The highest BCUT2D eigenvalue weighted by atomic mass is 16.5. The van der Waals surface area contributed by atoms with Crippen LogP contribution >= 0.6 is 0 Å². The fraction of sp³-hybridized carbons (Fsp3) is 0.588. The number of ether oxygens (including phenoxy) is 2. The van der Waals surface area contributed by atoms with Gasteiger partial charge in [-0.2, -0.15) is 0 Å². The van der Waals surface area contributed by atoms with E-state index in [-0.39, 0.29) is 19.2 Å². The van der Waals surface area contributed by atoms with Crippen molar-refractivity contribution < 1.29 is 19.4 Å². The molecular weight excluding hydrogens is 296 g/mol. The first kappa shape index (κ1) is 17.7. The van der Waals surface area contributed by atoms with Gasteiger partial charge in [0.25, 0.3) is 0 Å². The molecule has 0 saturated heterocycles. The number of likely N-dealkylation sites (N-methyl/N-ethyl adjacent to an activating group) is 1. The Labute approximate surface area is 137 Å². The summed E-state index contributed by atoms with van der Waals surface area (Å²) in [5.41, 5.74) is 1.75. The van der Waals surface area contributed by atoms with Gasteiger partial charge >= 0.3 is 6.03 Å². The monoisotopic (exact) mass is 322 g/mol. The van der Waals surface area contributed by atoms with E-state index >= 15 is 0 Å². The molecule has 1 unspecified atom stereocenters. The molecule has 0 heterocycles. The minimum Gasteiger partial charge on any atom is -0.389 e. The van der Waals surface area contributed by atoms with Gasteiger partial charge in [0.05, 0.1) is 25.9 Å². The average Bonchev–Trinajstić information content (AvgIpc) is 3.32. The lowest BCUT2D eigenvalue weighted by Crippen LogP contribution is -2.38. The molecule has 0 radical (unpaired) electrons. The topological polar surface area (TPSA) is 71.0 Å². The summed E-state index contributed by atoms with van der Waals surface area (Å²) in [6, 6.07) is 7.35. The van der Waals surface area contributed by atoms with Crippen molar-refractivity contribution in [3.63, 3.8) is 0 Å². The number of carbonyl (C=O) groups is 1. The first-order chi connectivity index (χ1) is 11.1. The molecule has 0 aromatic heterocycles. The lowest BCUT2D eigenvalue weighted by Gasteiger charge is -2.21. The van der Waals surface area contributed by atoms with Gasteiger partial charge in [0.2, 0.25) is 0 Å². The molecule has 2 rings (SSSR count). The molecule has 128 valence electrons. The van der Waals surface area contributed by atoms with Crippen LogP contribution in [0.1, 0.15) is 18.4 Å². The summed E-state index contributed by atoms with van der Waals surface area (Å²) < 4.78 is 10.5. The fourth-order valence-electron chi connectivity index (χ4n) is 2.23. The van der Waals surface area contributed by atoms with E-state index in [2.05, 4.69) is 5.32 Å². The first-order valence-corrected chi connectivity index (χ1v) is 7.94. The normalized spacial score (nSPS) is 15.3. The van der Waals surface area contributed by atoms with Gasteiger partial charge in [-0.25, -0.2) is 4.79 Å². The van der Waals surface area contributed by atoms with Crippen LogP contribution in [0.2, 0.25) is 0 Å². The number of nitrogens with zero attached hydrogens (tertiary/aromatic N) is 1. The summed E-state index contributed by atoms with van der Waals surface area (Å²) in [5.74, 6) is 0.741. The van der Waals surface area contributed by atoms with Crippen LogP contribution in [0, 0.1) is 5.92 Å². The van der Waals surface area contributed by atoms with Crippen LogP contribution in [0.3, 0.4) is 0 Å². The Morgan fingerprint density at radius 2 is 2.26 bits per heavy atom. The lowest BCUT2D eigenvalue weighted by molar-refractivity contribution is 0.0501. The maximum atomic E-state index is 12.1. The number of urea groups is 1. The second-order valence-corrected chi connectivity index (χ2v) is 6.08. The highest BCUT2D eigenvalue weighted by molar-refractivity contribution is 5.89. The van der Waals surface area contributed by atoms with E-state index in [1.54, 1.807) is 7.05 Å². The third kappa shape index (κ3) is 6.56. The van der Waals surface area contributed by atoms with Crippen LogP contribution in [-0.2, 0) is 16.1 Å². The van der Waals surface area contributed by atoms with Gasteiger partial charge in [-0.15, -0.1) is 0 Å². The van der Waals surface area contributed by atoms with Gasteiger partial charge in [0, 0.05) is 26.5 Å². The summed E-state index contributed by atoms with van der Waals surface area (Å²) in [6.07, 6.45) is 1.85. The molecule has 6 nitrogen and oxygen atoms in total. The number of anilines is 1. The van der Waals surface area contributed by atoms with Crippen LogP contribution in [0.25, 0.3) is 0 Å². The predicted molar refractivity (Wildman–Crippen MR) is 88.4 cm³/mol. The van der Waals surface area contributed by atoms with E-state index in [1.165, 1.54) is 24.9 Å². The number of rotatable bonds is 9. The van der Waals surface area contributed by atoms with Gasteiger partial charge in [-0.1, -0.05) is 12.1 Å². The Morgan fingerprint density at radius 1 is 1.48 bits per heavy atom. The largest absolute Gasteiger partial charge is 0.389 e. The molecule has 2 amide bonds. The smallest absolute Gasteiger partial charge is 0.321 e. The third-order valence-corrected chi connectivity index (χ3v) is 3.69. The number of hydrogen-bond acceptors (Lipinski definition) is 4. The molecule has 0 spiro atoms. The Morgan fingerprint density at radius 3 is 2.96 bits per heavy atom. The molecule has 1 aromatic rings. The summed E-state index contributed by atoms with van der Waals surface area (Å²) in [6.45, 7) is 1.79. The Hall–Kier alpha value is -1.63. The van der Waals surface area contributed by atoms with Crippen molar-refractivity contribution in [3.05, 3.63) is 29.8 Å². The number of benzene rings is 1. The Balaban J connectivity index is 1.79. The lowest BCUT2D eigenvalue weighted by atomic mass is 10.2. The molecule has 6 heteroatoms. The quantitative estimate of drug-likeness (QED) is 0.730. The first-order valence-electron chi connectivity index (χ1n) is 7.94. The van der Waals surface area contributed by atoms with Gasteiger partial charge < -0.3 is 24.8 Å². The maximum Gasteiger partial charge on any atom is 0.321 e. The second-order valence-electron chi connectivity index (χ2n) is 6.08. The number of aliphatic hydroxyl groups is 1. The van der Waals surface area contributed by atoms with Crippen molar-refractivity contribution in [2.75, 3.05) is 39.2 Å². The van der Waals surface area contributed by atoms with Gasteiger partial charge in [0.15, 0.2) is 0 Å². The number of hydrogen-bond donors (Lipinski definition) is 2. The third-order valence-electron chi connectivity index (χ3n) is 3.69. The van der Waals surface area contributed by atoms with E-state index in [4.69, 9.17) is 9.47 Å². The summed E-state index contributed by atoms with van der Waals surface area (Å²) in [5, 5.41) is 12.5. The van der Waals surface area contributed by atoms with Gasteiger partial charge in [-0.05, 0) is 36.5 Å². The van der Waals surface area contributed by atoms with Crippen molar-refractivity contribution in [2.24, 2.45) is 5.92 Å². The van der Waals surface area contributed by atoms with Crippen molar-refractivity contribution in [1.29, 1.82) is 0 Å². The molecule has 0 bridgehead atoms. The zero-order chi connectivity index (χ0) is 16.7. The Kier molecular flexibility index (Phi) is 6.83. The minimum absolute atomic E-state index is 0.200. The fourth-order valence-corrected chi connectivity index (χ4v) is 2.23. The SMILES string of the molecule is COCC(O)CN(C)C(=O)Nc1cccc(COCC2CC2)c1. The summed E-state index contributed by atoms with van der Waals surface area (Å²) in [4.78, 5) is 13.5. The van der Waals surface area contributed by atoms with Crippen LogP contribution in [-0.4, -0.2) is 56.1 Å². The molecule has 1 aromatic carbocycles. The highest BCUT2D eigenvalue weighted by Crippen LogP contribution is 2.29. The Bertz CT molecular complexity index is 505. The average molecular weight is 322 g/mol. The number of carbonyl (C=O) groups excluding carboxylic acids is 1. The summed E-state index contributed by atoms with van der Waals surface area (Å²) in [7, 11) is 3.15. The number of aliphatic hydroxyl groups excluding tert-OH is 1. The highest BCUT2D eigenvalue weighted by Gasteiger charge is 2.21.